The summed E-state index contributed by atoms with van der Waals surface area (Å²) in [7, 11) is 0. The van der Waals surface area contributed by atoms with Crippen LogP contribution in [0.1, 0.15) is 24.9 Å². The van der Waals surface area contributed by atoms with Gasteiger partial charge in [-0.25, -0.2) is 4.39 Å². The van der Waals surface area contributed by atoms with E-state index < -0.39 is 5.82 Å². The van der Waals surface area contributed by atoms with Crippen molar-refractivity contribution in [3.8, 4) is 5.75 Å². The largest absolute Gasteiger partial charge is 0.508 e. The summed E-state index contributed by atoms with van der Waals surface area (Å²) in [4.78, 5) is 0. The fraction of sp³-hybridized carbons (Fsp3) is 0.200. The number of benzene rings is 2. The van der Waals surface area contributed by atoms with Crippen molar-refractivity contribution in [3.63, 3.8) is 0 Å². The maximum Gasteiger partial charge on any atom is 0.143 e. The van der Waals surface area contributed by atoms with Crippen molar-refractivity contribution < 1.29 is 9.50 Å². The number of nitrogens with one attached hydrogen (secondary N) is 1. The molecule has 0 aliphatic heterocycles. The van der Waals surface area contributed by atoms with Gasteiger partial charge in [0, 0.05) is 5.69 Å². The summed E-state index contributed by atoms with van der Waals surface area (Å²) in [6.07, 6.45) is 0.842. The Morgan fingerprint density at radius 3 is 2.47 bits per heavy atom. The summed E-state index contributed by atoms with van der Waals surface area (Å²) in [5, 5.41) is 12.6. The van der Waals surface area contributed by atoms with Crippen LogP contribution in [-0.4, -0.2) is 5.11 Å². The highest BCUT2D eigenvalue weighted by molar-refractivity contribution is 6.30. The highest BCUT2D eigenvalue weighted by Crippen LogP contribution is 2.26. The van der Waals surface area contributed by atoms with Crippen molar-refractivity contribution in [1.29, 1.82) is 0 Å². The highest BCUT2D eigenvalue weighted by Gasteiger charge is 2.10. The average Bonchev–Trinajstić information content (AvgIpc) is 2.41. The van der Waals surface area contributed by atoms with Crippen LogP contribution in [0.2, 0.25) is 5.02 Å². The molecule has 0 saturated heterocycles. The van der Waals surface area contributed by atoms with E-state index in [-0.39, 0.29) is 16.8 Å². The van der Waals surface area contributed by atoms with E-state index in [1.165, 1.54) is 12.1 Å². The van der Waals surface area contributed by atoms with Crippen LogP contribution >= 0.6 is 11.6 Å². The van der Waals surface area contributed by atoms with Gasteiger partial charge in [0.2, 0.25) is 0 Å². The van der Waals surface area contributed by atoms with E-state index >= 15 is 0 Å². The van der Waals surface area contributed by atoms with E-state index in [1.807, 2.05) is 19.1 Å². The smallest absolute Gasteiger partial charge is 0.143 e. The maximum atomic E-state index is 13.4. The summed E-state index contributed by atoms with van der Waals surface area (Å²) < 4.78 is 13.4. The lowest BCUT2D eigenvalue weighted by atomic mass is 10.0. The summed E-state index contributed by atoms with van der Waals surface area (Å²) in [6.45, 7) is 2.04. The molecule has 0 heterocycles. The molecular formula is C15H15ClFNO. The molecule has 4 heteroatoms. The average molecular weight is 280 g/mol. The molecular weight excluding hydrogens is 265 g/mol. The molecule has 2 nitrogen and oxygen atoms in total. The lowest BCUT2D eigenvalue weighted by Crippen LogP contribution is -2.09. The molecule has 2 aromatic rings. The van der Waals surface area contributed by atoms with E-state index in [0.29, 0.717) is 5.69 Å². The van der Waals surface area contributed by atoms with Crippen LogP contribution in [0.4, 0.5) is 10.1 Å². The fourth-order valence-electron chi connectivity index (χ4n) is 1.91. The SMILES string of the molecule is CCC(Nc1ccc(Cl)c(F)c1)c1ccc(O)cc1. The molecule has 0 fully saturated rings. The second-order valence-electron chi connectivity index (χ2n) is 4.33. The van der Waals surface area contributed by atoms with Crippen molar-refractivity contribution in [2.45, 2.75) is 19.4 Å². The molecule has 2 N–H and O–H groups in total. The van der Waals surface area contributed by atoms with Crippen molar-refractivity contribution in [1.82, 2.24) is 0 Å². The Balaban J connectivity index is 2.18. The van der Waals surface area contributed by atoms with Gasteiger partial charge in [0.25, 0.3) is 0 Å². The lowest BCUT2D eigenvalue weighted by molar-refractivity contribution is 0.475. The minimum Gasteiger partial charge on any atom is -0.508 e. The molecule has 0 amide bonds. The van der Waals surface area contributed by atoms with Crippen molar-refractivity contribution in [2.24, 2.45) is 0 Å². The predicted octanol–water partition coefficient (Wildman–Crippen LogP) is 4.75. The first-order chi connectivity index (χ1) is 9.10. The number of rotatable bonds is 4. The third-order valence-electron chi connectivity index (χ3n) is 2.96. The number of phenolic OH excluding ortho intramolecular Hbond substituents is 1. The van der Waals surface area contributed by atoms with Gasteiger partial charge in [-0.15, -0.1) is 0 Å². The lowest BCUT2D eigenvalue weighted by Gasteiger charge is -2.19. The minimum atomic E-state index is -0.438. The predicted molar refractivity (Wildman–Crippen MR) is 76.2 cm³/mol. The van der Waals surface area contributed by atoms with Crippen molar-refractivity contribution in [2.75, 3.05) is 5.32 Å². The molecule has 0 spiro atoms. The van der Waals surface area contributed by atoms with E-state index in [4.69, 9.17) is 11.6 Å². The van der Waals surface area contributed by atoms with Crippen LogP contribution in [0.15, 0.2) is 42.5 Å². The third-order valence-corrected chi connectivity index (χ3v) is 3.27. The van der Waals surface area contributed by atoms with Gasteiger partial charge < -0.3 is 10.4 Å². The summed E-state index contributed by atoms with van der Waals surface area (Å²) in [5.74, 6) is -0.205. The van der Waals surface area contributed by atoms with Gasteiger partial charge >= 0.3 is 0 Å². The number of aromatic hydroxyl groups is 1. The standard InChI is InChI=1S/C15H15ClFNO/c1-2-15(10-3-6-12(19)7-4-10)18-11-5-8-13(16)14(17)9-11/h3-9,15,18-19H,2H2,1H3. The van der Waals surface area contributed by atoms with Gasteiger partial charge in [-0.05, 0) is 42.3 Å². The molecule has 2 rings (SSSR count). The third kappa shape index (κ3) is 3.38. The Hall–Kier alpha value is -1.74. The van der Waals surface area contributed by atoms with Crippen LogP contribution in [0, 0.1) is 5.82 Å². The molecule has 2 aromatic carbocycles. The zero-order valence-corrected chi connectivity index (χ0v) is 11.3. The first-order valence-electron chi connectivity index (χ1n) is 6.10. The van der Waals surface area contributed by atoms with E-state index in [2.05, 4.69) is 5.32 Å². The minimum absolute atomic E-state index is 0.0566. The normalized spacial score (nSPS) is 12.2. The van der Waals surface area contributed by atoms with Gasteiger partial charge in [0.1, 0.15) is 11.6 Å². The maximum absolute atomic E-state index is 13.4. The first-order valence-corrected chi connectivity index (χ1v) is 6.48. The summed E-state index contributed by atoms with van der Waals surface area (Å²) >= 11 is 5.65. The van der Waals surface area contributed by atoms with E-state index in [1.54, 1.807) is 18.2 Å². The first kappa shape index (κ1) is 13.7. The molecule has 0 aromatic heterocycles. The van der Waals surface area contributed by atoms with Crippen LogP contribution in [0.3, 0.4) is 0 Å². The molecule has 19 heavy (non-hydrogen) atoms. The van der Waals surface area contributed by atoms with Gasteiger partial charge in [0.15, 0.2) is 0 Å². The van der Waals surface area contributed by atoms with Gasteiger partial charge in [-0.3, -0.25) is 0 Å². The Morgan fingerprint density at radius 2 is 1.89 bits per heavy atom. The topological polar surface area (TPSA) is 32.3 Å². The zero-order chi connectivity index (χ0) is 13.8. The van der Waals surface area contributed by atoms with Gasteiger partial charge in [0.05, 0.1) is 11.1 Å². The molecule has 0 radical (unpaired) electrons. The molecule has 1 unspecified atom stereocenters. The Bertz CT molecular complexity index is 557. The Kier molecular flexibility index (Phi) is 4.27. The molecule has 0 aliphatic carbocycles. The molecule has 0 bridgehead atoms. The van der Waals surface area contributed by atoms with Crippen LogP contribution in [0.25, 0.3) is 0 Å². The van der Waals surface area contributed by atoms with Crippen LogP contribution < -0.4 is 5.32 Å². The molecule has 100 valence electrons. The van der Waals surface area contributed by atoms with Crippen molar-refractivity contribution >= 4 is 17.3 Å². The second-order valence-corrected chi connectivity index (χ2v) is 4.73. The van der Waals surface area contributed by atoms with Crippen molar-refractivity contribution in [3.05, 3.63) is 58.9 Å². The Labute approximate surface area is 116 Å². The number of halogens is 2. The van der Waals surface area contributed by atoms with Crippen LogP contribution in [-0.2, 0) is 0 Å². The van der Waals surface area contributed by atoms with E-state index in [0.717, 1.165) is 12.0 Å². The fourth-order valence-corrected chi connectivity index (χ4v) is 2.03. The number of hydrogen-bond acceptors (Lipinski definition) is 2. The highest BCUT2D eigenvalue weighted by atomic mass is 35.5. The van der Waals surface area contributed by atoms with E-state index in [9.17, 15) is 9.50 Å². The number of anilines is 1. The monoisotopic (exact) mass is 279 g/mol. The van der Waals surface area contributed by atoms with Gasteiger partial charge in [-0.1, -0.05) is 30.7 Å². The van der Waals surface area contributed by atoms with Gasteiger partial charge in [-0.2, -0.15) is 0 Å². The Morgan fingerprint density at radius 1 is 1.21 bits per heavy atom. The molecule has 0 aliphatic rings. The molecule has 1 atom stereocenters. The second kappa shape index (κ2) is 5.93. The number of hydrogen-bond donors (Lipinski definition) is 2. The summed E-state index contributed by atoms with van der Waals surface area (Å²) in [6, 6.07) is 11.7. The quantitative estimate of drug-likeness (QED) is 0.846. The molecule has 0 saturated carbocycles. The zero-order valence-electron chi connectivity index (χ0n) is 10.5. The van der Waals surface area contributed by atoms with Crippen LogP contribution in [0.5, 0.6) is 5.75 Å². The number of phenols is 1. The summed E-state index contributed by atoms with van der Waals surface area (Å²) in [5.41, 5.74) is 1.72.